The molecule has 0 aliphatic heterocycles. The van der Waals surface area contributed by atoms with Crippen LogP contribution in [0.25, 0.3) is 0 Å². The second-order valence-electron chi connectivity index (χ2n) is 7.60. The SMILES string of the molecule is CC1(C)CC(C[Si](C)(C)C)C(C)(C)C1=O. The number of rotatable bonds is 2. The van der Waals surface area contributed by atoms with E-state index in [9.17, 15) is 4.79 Å². The van der Waals surface area contributed by atoms with Crippen LogP contribution in [0.1, 0.15) is 34.1 Å². The van der Waals surface area contributed by atoms with Crippen LogP contribution >= 0.6 is 0 Å². The van der Waals surface area contributed by atoms with Gasteiger partial charge in [-0.25, -0.2) is 0 Å². The highest BCUT2D eigenvalue weighted by Gasteiger charge is 2.52. The summed E-state index contributed by atoms with van der Waals surface area (Å²) in [6.45, 7) is 15.7. The molecule has 15 heavy (non-hydrogen) atoms. The summed E-state index contributed by atoms with van der Waals surface area (Å²) in [6.07, 6.45) is 1.09. The van der Waals surface area contributed by atoms with E-state index in [0.29, 0.717) is 11.7 Å². The molecule has 0 spiro atoms. The maximum Gasteiger partial charge on any atom is 0.144 e. The molecule has 1 atom stereocenters. The van der Waals surface area contributed by atoms with Crippen molar-refractivity contribution in [2.45, 2.75) is 59.8 Å². The lowest BCUT2D eigenvalue weighted by Crippen LogP contribution is -2.33. The van der Waals surface area contributed by atoms with Crippen LogP contribution in [-0.2, 0) is 4.79 Å². The Labute approximate surface area is 95.7 Å². The predicted molar refractivity (Wildman–Crippen MR) is 68.8 cm³/mol. The first-order chi connectivity index (χ1) is 6.47. The summed E-state index contributed by atoms with van der Waals surface area (Å²) in [5, 5.41) is 0. The van der Waals surface area contributed by atoms with E-state index < -0.39 is 8.07 Å². The molecule has 0 saturated heterocycles. The molecule has 1 unspecified atom stereocenters. The average Bonchev–Trinajstić information content (AvgIpc) is 2.09. The lowest BCUT2D eigenvalue weighted by atomic mass is 9.80. The van der Waals surface area contributed by atoms with Crippen LogP contribution in [0.15, 0.2) is 0 Å². The molecule has 1 aliphatic rings. The van der Waals surface area contributed by atoms with E-state index in [0.717, 1.165) is 6.42 Å². The van der Waals surface area contributed by atoms with Gasteiger partial charge in [0.05, 0.1) is 0 Å². The highest BCUT2D eigenvalue weighted by atomic mass is 28.3. The molecular formula is C13H26OSi. The Morgan fingerprint density at radius 1 is 1.20 bits per heavy atom. The molecule has 1 rings (SSSR count). The smallest absolute Gasteiger partial charge is 0.144 e. The third-order valence-electron chi connectivity index (χ3n) is 3.84. The summed E-state index contributed by atoms with van der Waals surface area (Å²) in [4.78, 5) is 12.3. The standard InChI is InChI=1S/C13H26OSi/c1-12(2)8-10(9-15(5,6)7)13(3,4)11(12)14/h10H,8-9H2,1-7H3. The van der Waals surface area contributed by atoms with Gasteiger partial charge >= 0.3 is 0 Å². The van der Waals surface area contributed by atoms with Crippen LogP contribution in [-0.4, -0.2) is 13.9 Å². The first kappa shape index (κ1) is 13.0. The third-order valence-corrected chi connectivity index (χ3v) is 5.55. The molecule has 88 valence electrons. The summed E-state index contributed by atoms with van der Waals surface area (Å²) < 4.78 is 0. The van der Waals surface area contributed by atoms with Crippen LogP contribution in [0.4, 0.5) is 0 Å². The average molecular weight is 226 g/mol. The van der Waals surface area contributed by atoms with Gasteiger partial charge in [-0.3, -0.25) is 4.79 Å². The summed E-state index contributed by atoms with van der Waals surface area (Å²) in [6, 6.07) is 1.29. The second-order valence-corrected chi connectivity index (χ2v) is 13.1. The van der Waals surface area contributed by atoms with Crippen molar-refractivity contribution >= 4 is 13.9 Å². The van der Waals surface area contributed by atoms with Gasteiger partial charge in [0.25, 0.3) is 0 Å². The van der Waals surface area contributed by atoms with Crippen molar-refractivity contribution in [2.75, 3.05) is 0 Å². The van der Waals surface area contributed by atoms with Crippen molar-refractivity contribution in [1.82, 2.24) is 0 Å². The topological polar surface area (TPSA) is 17.1 Å². The lowest BCUT2D eigenvalue weighted by Gasteiger charge is -2.30. The van der Waals surface area contributed by atoms with E-state index >= 15 is 0 Å². The molecule has 0 N–H and O–H groups in total. The van der Waals surface area contributed by atoms with Crippen molar-refractivity contribution in [3.8, 4) is 0 Å². The normalized spacial score (nSPS) is 29.5. The molecule has 0 aromatic carbocycles. The highest BCUT2D eigenvalue weighted by Crippen LogP contribution is 2.52. The minimum Gasteiger partial charge on any atom is -0.298 e. The van der Waals surface area contributed by atoms with Gasteiger partial charge in [0.1, 0.15) is 5.78 Å². The first-order valence-electron chi connectivity index (χ1n) is 6.02. The van der Waals surface area contributed by atoms with Crippen molar-refractivity contribution in [1.29, 1.82) is 0 Å². The van der Waals surface area contributed by atoms with E-state index in [1.165, 1.54) is 6.04 Å². The van der Waals surface area contributed by atoms with Gasteiger partial charge in [-0.2, -0.15) is 0 Å². The molecule has 0 heterocycles. The molecule has 1 aliphatic carbocycles. The van der Waals surface area contributed by atoms with E-state index in [1.54, 1.807) is 0 Å². The van der Waals surface area contributed by atoms with Gasteiger partial charge in [-0.1, -0.05) is 53.4 Å². The zero-order valence-electron chi connectivity index (χ0n) is 11.4. The Balaban J connectivity index is 2.90. The third kappa shape index (κ3) is 2.52. The van der Waals surface area contributed by atoms with Crippen molar-refractivity contribution in [2.24, 2.45) is 16.7 Å². The molecule has 0 aromatic rings. The van der Waals surface area contributed by atoms with Gasteiger partial charge in [-0.15, -0.1) is 0 Å². The number of carbonyl (C=O) groups excluding carboxylic acids is 1. The van der Waals surface area contributed by atoms with Crippen LogP contribution < -0.4 is 0 Å². The van der Waals surface area contributed by atoms with Crippen LogP contribution in [0, 0.1) is 16.7 Å². The lowest BCUT2D eigenvalue weighted by molar-refractivity contribution is -0.131. The minimum atomic E-state index is -1.06. The van der Waals surface area contributed by atoms with Gasteiger partial charge in [0.2, 0.25) is 0 Å². The Morgan fingerprint density at radius 3 is 1.93 bits per heavy atom. The fraction of sp³-hybridized carbons (Fsp3) is 0.923. The Hall–Kier alpha value is -0.113. The number of hydrogen-bond donors (Lipinski definition) is 0. The predicted octanol–water partition coefficient (Wildman–Crippen LogP) is 3.97. The summed E-state index contributed by atoms with van der Waals surface area (Å²) in [5.74, 6) is 1.07. The van der Waals surface area contributed by atoms with E-state index in [2.05, 4.69) is 47.3 Å². The van der Waals surface area contributed by atoms with Crippen LogP contribution in [0.2, 0.25) is 25.7 Å². The molecule has 0 radical (unpaired) electrons. The zero-order chi connectivity index (χ0) is 12.1. The highest BCUT2D eigenvalue weighted by molar-refractivity contribution is 6.76. The van der Waals surface area contributed by atoms with Gasteiger partial charge < -0.3 is 0 Å². The Morgan fingerprint density at radius 2 is 1.67 bits per heavy atom. The maximum atomic E-state index is 12.3. The van der Waals surface area contributed by atoms with E-state index in [-0.39, 0.29) is 10.8 Å². The monoisotopic (exact) mass is 226 g/mol. The summed E-state index contributed by atoms with van der Waals surface area (Å²) in [5.41, 5.74) is -0.183. The molecule has 1 fully saturated rings. The number of hydrogen-bond acceptors (Lipinski definition) is 1. The quantitative estimate of drug-likeness (QED) is 0.651. The Bertz CT molecular complexity index is 271. The zero-order valence-corrected chi connectivity index (χ0v) is 12.4. The number of Topliss-reactive ketones (excluding diaryl/α,β-unsaturated/α-hetero) is 1. The largest absolute Gasteiger partial charge is 0.298 e. The number of carbonyl (C=O) groups is 1. The van der Waals surface area contributed by atoms with Crippen molar-refractivity contribution in [3.05, 3.63) is 0 Å². The summed E-state index contributed by atoms with van der Waals surface area (Å²) in [7, 11) is -1.06. The van der Waals surface area contributed by atoms with Crippen LogP contribution in [0.5, 0.6) is 0 Å². The number of ketones is 1. The van der Waals surface area contributed by atoms with Gasteiger partial charge in [0, 0.05) is 18.9 Å². The van der Waals surface area contributed by atoms with Gasteiger partial charge in [0.15, 0.2) is 0 Å². The minimum absolute atomic E-state index is 0.0895. The molecule has 2 heteroatoms. The van der Waals surface area contributed by atoms with Crippen molar-refractivity contribution in [3.63, 3.8) is 0 Å². The second kappa shape index (κ2) is 3.44. The van der Waals surface area contributed by atoms with Crippen LogP contribution in [0.3, 0.4) is 0 Å². The van der Waals surface area contributed by atoms with E-state index in [1.807, 2.05) is 0 Å². The maximum absolute atomic E-state index is 12.3. The van der Waals surface area contributed by atoms with Crippen molar-refractivity contribution < 1.29 is 4.79 Å². The Kier molecular flexibility index (Phi) is 2.97. The molecule has 1 saturated carbocycles. The first-order valence-corrected chi connectivity index (χ1v) is 9.72. The molecule has 0 amide bonds. The molecule has 1 nitrogen and oxygen atoms in total. The molecule has 0 aromatic heterocycles. The molecular weight excluding hydrogens is 200 g/mol. The molecule has 0 bridgehead atoms. The van der Waals surface area contributed by atoms with Gasteiger partial charge in [-0.05, 0) is 12.3 Å². The summed E-state index contributed by atoms with van der Waals surface area (Å²) >= 11 is 0. The fourth-order valence-corrected chi connectivity index (χ4v) is 5.22. The van der Waals surface area contributed by atoms with E-state index in [4.69, 9.17) is 0 Å². The fourth-order valence-electron chi connectivity index (χ4n) is 3.09.